The molecule has 0 aliphatic rings. The summed E-state index contributed by atoms with van der Waals surface area (Å²) in [6.45, 7) is 0.335. The van der Waals surface area contributed by atoms with E-state index < -0.39 is 6.10 Å². The van der Waals surface area contributed by atoms with Gasteiger partial charge in [0.15, 0.2) is 0 Å². The van der Waals surface area contributed by atoms with Gasteiger partial charge in [-0.3, -0.25) is 0 Å². The molecule has 0 aliphatic heterocycles. The van der Waals surface area contributed by atoms with E-state index in [1.54, 1.807) is 12.1 Å². The second-order valence-corrected chi connectivity index (χ2v) is 5.75. The van der Waals surface area contributed by atoms with Crippen LogP contribution in [0.15, 0.2) is 46.9 Å². The predicted molar refractivity (Wildman–Crippen MR) is 85.5 cm³/mol. The van der Waals surface area contributed by atoms with Crippen molar-refractivity contribution in [2.24, 2.45) is 0 Å². The average Bonchev–Trinajstić information content (AvgIpc) is 2.47. The first-order valence-corrected chi connectivity index (χ1v) is 7.47. The number of anilines is 1. The van der Waals surface area contributed by atoms with E-state index in [-0.39, 0.29) is 19.0 Å². The highest BCUT2D eigenvalue weighted by atomic mass is 79.9. The van der Waals surface area contributed by atoms with Crippen LogP contribution in [0.25, 0.3) is 0 Å². The van der Waals surface area contributed by atoms with Gasteiger partial charge in [-0.15, -0.1) is 0 Å². The van der Waals surface area contributed by atoms with E-state index in [2.05, 4.69) is 21.2 Å². The highest BCUT2D eigenvalue weighted by Crippen LogP contribution is 2.22. The Morgan fingerprint density at radius 1 is 1.24 bits per heavy atom. The average molecular weight is 375 g/mol. The maximum absolute atomic E-state index is 13.1. The van der Waals surface area contributed by atoms with Crippen molar-refractivity contribution in [3.05, 3.63) is 57.8 Å². The van der Waals surface area contributed by atoms with Crippen LogP contribution in [-0.4, -0.2) is 24.4 Å². The summed E-state index contributed by atoms with van der Waals surface area (Å²) in [5.74, 6) is 0.281. The molecule has 0 heterocycles. The molecule has 2 aromatic carbocycles. The fourth-order valence-corrected chi connectivity index (χ4v) is 2.09. The molecule has 1 unspecified atom stereocenters. The molecule has 6 heteroatoms. The van der Waals surface area contributed by atoms with Gasteiger partial charge in [0, 0.05) is 11.0 Å². The Morgan fingerprint density at radius 2 is 1.95 bits per heavy atom. The zero-order chi connectivity index (χ0) is 15.2. The molecule has 3 nitrogen and oxygen atoms in total. The highest BCUT2D eigenvalue weighted by Gasteiger charge is 2.08. The first-order valence-electron chi connectivity index (χ1n) is 6.30. The van der Waals surface area contributed by atoms with Crippen LogP contribution in [0.2, 0.25) is 5.02 Å². The summed E-state index contributed by atoms with van der Waals surface area (Å²) in [6.07, 6.45) is -0.743. The maximum Gasteiger partial charge on any atom is 0.125 e. The quantitative estimate of drug-likeness (QED) is 0.800. The molecule has 0 saturated heterocycles. The Balaban J connectivity index is 1.80. The second-order valence-electron chi connectivity index (χ2n) is 4.42. The minimum absolute atomic E-state index is 0.127. The van der Waals surface area contributed by atoms with Gasteiger partial charge in [0.25, 0.3) is 0 Å². The van der Waals surface area contributed by atoms with Crippen molar-refractivity contribution in [3.8, 4) is 5.75 Å². The third-order valence-electron chi connectivity index (χ3n) is 2.71. The lowest BCUT2D eigenvalue weighted by Crippen LogP contribution is -2.26. The lowest BCUT2D eigenvalue weighted by Gasteiger charge is -2.15. The summed E-state index contributed by atoms with van der Waals surface area (Å²) in [5.41, 5.74) is 0.444. The number of benzene rings is 2. The molecular weight excluding hydrogens is 361 g/mol. The fourth-order valence-electron chi connectivity index (χ4n) is 1.64. The molecule has 21 heavy (non-hydrogen) atoms. The van der Waals surface area contributed by atoms with Crippen LogP contribution < -0.4 is 10.1 Å². The van der Waals surface area contributed by atoms with E-state index in [1.807, 2.05) is 12.1 Å². The molecule has 0 aromatic heterocycles. The van der Waals surface area contributed by atoms with Crippen molar-refractivity contribution in [3.63, 3.8) is 0 Å². The van der Waals surface area contributed by atoms with Crippen molar-refractivity contribution in [1.29, 1.82) is 0 Å². The maximum atomic E-state index is 13.1. The van der Waals surface area contributed by atoms with Crippen LogP contribution in [0.3, 0.4) is 0 Å². The van der Waals surface area contributed by atoms with E-state index in [1.165, 1.54) is 18.2 Å². The normalized spacial score (nSPS) is 12.0. The van der Waals surface area contributed by atoms with Gasteiger partial charge in [0.2, 0.25) is 0 Å². The summed E-state index contributed by atoms with van der Waals surface area (Å²) in [7, 11) is 0. The molecule has 0 fully saturated rings. The summed E-state index contributed by atoms with van der Waals surface area (Å²) < 4.78 is 19.5. The molecular formula is C15H14BrClFNO2. The minimum Gasteiger partial charge on any atom is -0.491 e. The number of rotatable bonds is 6. The van der Waals surface area contributed by atoms with Crippen molar-refractivity contribution in [2.45, 2.75) is 6.10 Å². The molecule has 2 N–H and O–H groups in total. The van der Waals surface area contributed by atoms with Gasteiger partial charge < -0.3 is 15.2 Å². The lowest BCUT2D eigenvalue weighted by molar-refractivity contribution is 0.117. The molecule has 0 bridgehead atoms. The van der Waals surface area contributed by atoms with Crippen LogP contribution >= 0.6 is 27.5 Å². The number of aliphatic hydroxyl groups excluding tert-OH is 1. The van der Waals surface area contributed by atoms with Gasteiger partial charge >= 0.3 is 0 Å². The summed E-state index contributed by atoms with van der Waals surface area (Å²) in [6, 6.07) is 11.3. The molecule has 0 aliphatic carbocycles. The van der Waals surface area contributed by atoms with Crippen molar-refractivity contribution in [1.82, 2.24) is 0 Å². The largest absolute Gasteiger partial charge is 0.491 e. The van der Waals surface area contributed by atoms with Crippen LogP contribution in [0.5, 0.6) is 5.75 Å². The van der Waals surface area contributed by atoms with Gasteiger partial charge in [-0.25, -0.2) is 4.39 Å². The lowest BCUT2D eigenvalue weighted by atomic mass is 10.3. The number of halogens is 3. The zero-order valence-corrected chi connectivity index (χ0v) is 13.4. The Morgan fingerprint density at radius 3 is 2.67 bits per heavy atom. The third-order valence-corrected chi connectivity index (χ3v) is 3.57. The number of ether oxygens (including phenoxy) is 1. The molecule has 2 rings (SSSR count). The van der Waals surface area contributed by atoms with Crippen molar-refractivity contribution < 1.29 is 14.2 Å². The van der Waals surface area contributed by atoms with Crippen LogP contribution in [-0.2, 0) is 0 Å². The smallest absolute Gasteiger partial charge is 0.125 e. The number of hydrogen-bond acceptors (Lipinski definition) is 3. The monoisotopic (exact) mass is 373 g/mol. The van der Waals surface area contributed by atoms with Crippen molar-refractivity contribution >= 4 is 33.2 Å². The van der Waals surface area contributed by atoms with E-state index in [0.717, 1.165) is 4.47 Å². The van der Waals surface area contributed by atoms with Gasteiger partial charge in [-0.2, -0.15) is 0 Å². The van der Waals surface area contributed by atoms with Gasteiger partial charge in [0.1, 0.15) is 24.3 Å². The van der Waals surface area contributed by atoms with E-state index in [9.17, 15) is 9.50 Å². The van der Waals surface area contributed by atoms with E-state index in [0.29, 0.717) is 16.5 Å². The standard InChI is InChI=1S/C15H14BrClFNO2/c16-10-1-4-13(5-2-10)21-9-12(20)8-19-15-7-11(18)3-6-14(15)17/h1-7,12,19-20H,8-9H2. The Kier molecular flexibility index (Phi) is 5.85. The van der Waals surface area contributed by atoms with E-state index in [4.69, 9.17) is 16.3 Å². The molecule has 0 radical (unpaired) electrons. The highest BCUT2D eigenvalue weighted by molar-refractivity contribution is 9.10. The van der Waals surface area contributed by atoms with Gasteiger partial charge in [-0.05, 0) is 42.5 Å². The predicted octanol–water partition coefficient (Wildman–Crippen LogP) is 4.09. The summed E-state index contributed by atoms with van der Waals surface area (Å²) >= 11 is 9.25. The molecule has 1 atom stereocenters. The third kappa shape index (κ3) is 5.19. The molecule has 0 amide bonds. The Labute approximate surface area is 135 Å². The molecule has 2 aromatic rings. The fraction of sp³-hybridized carbons (Fsp3) is 0.200. The Bertz CT molecular complexity index is 595. The van der Waals surface area contributed by atoms with Crippen LogP contribution in [0.1, 0.15) is 0 Å². The summed E-state index contributed by atoms with van der Waals surface area (Å²) in [5, 5.41) is 13.1. The molecule has 0 saturated carbocycles. The molecule has 0 spiro atoms. The van der Waals surface area contributed by atoms with Gasteiger partial charge in [0.05, 0.1) is 10.7 Å². The number of hydrogen-bond donors (Lipinski definition) is 2. The van der Waals surface area contributed by atoms with Gasteiger partial charge in [-0.1, -0.05) is 27.5 Å². The first kappa shape index (κ1) is 16.1. The number of nitrogens with one attached hydrogen (secondary N) is 1. The minimum atomic E-state index is -0.743. The SMILES string of the molecule is OC(CNc1cc(F)ccc1Cl)COc1ccc(Br)cc1. The summed E-state index contributed by atoms with van der Waals surface area (Å²) in [4.78, 5) is 0. The molecule has 112 valence electrons. The topological polar surface area (TPSA) is 41.5 Å². The van der Waals surface area contributed by atoms with Crippen molar-refractivity contribution in [2.75, 3.05) is 18.5 Å². The zero-order valence-electron chi connectivity index (χ0n) is 11.0. The Hall–Kier alpha value is -1.30. The van der Waals surface area contributed by atoms with E-state index >= 15 is 0 Å². The van der Waals surface area contributed by atoms with Crippen LogP contribution in [0, 0.1) is 5.82 Å². The number of aliphatic hydroxyl groups is 1. The first-order chi connectivity index (χ1) is 10.0. The second kappa shape index (κ2) is 7.64. The van der Waals surface area contributed by atoms with Crippen LogP contribution in [0.4, 0.5) is 10.1 Å².